The van der Waals surface area contributed by atoms with E-state index in [1.54, 1.807) is 37.3 Å². The predicted octanol–water partition coefficient (Wildman–Crippen LogP) is 1.73. The summed E-state index contributed by atoms with van der Waals surface area (Å²) in [5.41, 5.74) is 0.797. The Kier molecular flexibility index (Phi) is 5.44. The molecular formula is C13H14O5. The molecule has 0 aromatic heterocycles. The molecule has 0 saturated heterocycles. The molecule has 0 unspecified atom stereocenters. The summed E-state index contributed by atoms with van der Waals surface area (Å²) in [6.07, 6.45) is 2.94. The third-order valence-corrected chi connectivity index (χ3v) is 1.94. The number of benzene rings is 1. The van der Waals surface area contributed by atoms with Crippen molar-refractivity contribution in [1.82, 2.24) is 0 Å². The Morgan fingerprint density at radius 2 is 1.94 bits per heavy atom. The zero-order valence-electron chi connectivity index (χ0n) is 9.96. The Morgan fingerprint density at radius 1 is 1.28 bits per heavy atom. The lowest BCUT2D eigenvalue weighted by Crippen LogP contribution is -2.09. The van der Waals surface area contributed by atoms with Gasteiger partial charge in [0.1, 0.15) is 5.75 Å². The van der Waals surface area contributed by atoms with Gasteiger partial charge in [-0.25, -0.2) is 9.59 Å². The van der Waals surface area contributed by atoms with E-state index in [0.717, 1.165) is 5.56 Å². The predicted molar refractivity (Wildman–Crippen MR) is 65.2 cm³/mol. The van der Waals surface area contributed by atoms with E-state index in [1.807, 2.05) is 0 Å². The highest BCUT2D eigenvalue weighted by atomic mass is 16.5. The van der Waals surface area contributed by atoms with Crippen molar-refractivity contribution >= 4 is 18.0 Å². The minimum atomic E-state index is -1.03. The van der Waals surface area contributed by atoms with Crippen molar-refractivity contribution in [2.24, 2.45) is 0 Å². The molecule has 0 fully saturated rings. The van der Waals surface area contributed by atoms with Crippen LogP contribution in [0.25, 0.3) is 6.08 Å². The first kappa shape index (κ1) is 13.8. The van der Waals surface area contributed by atoms with Crippen molar-refractivity contribution in [1.29, 1.82) is 0 Å². The van der Waals surface area contributed by atoms with E-state index < -0.39 is 11.9 Å². The van der Waals surface area contributed by atoms with Gasteiger partial charge in [0.2, 0.25) is 0 Å². The molecule has 1 aromatic rings. The Bertz CT molecular complexity index is 433. The minimum Gasteiger partial charge on any atom is -0.482 e. The van der Waals surface area contributed by atoms with Gasteiger partial charge >= 0.3 is 11.9 Å². The van der Waals surface area contributed by atoms with Gasteiger partial charge in [-0.3, -0.25) is 0 Å². The summed E-state index contributed by atoms with van der Waals surface area (Å²) in [6.45, 7) is 1.70. The summed E-state index contributed by atoms with van der Waals surface area (Å²) >= 11 is 0. The van der Waals surface area contributed by atoms with Gasteiger partial charge in [0, 0.05) is 6.08 Å². The standard InChI is InChI=1S/C13H14O5/c1-2-17-13(16)8-5-10-3-6-11(7-4-10)18-9-12(14)15/h3-8H,2,9H2,1H3,(H,14,15). The topological polar surface area (TPSA) is 72.8 Å². The number of hydrogen-bond donors (Lipinski definition) is 1. The summed E-state index contributed by atoms with van der Waals surface area (Å²) in [6, 6.07) is 6.70. The molecule has 1 N–H and O–H groups in total. The fraction of sp³-hybridized carbons (Fsp3) is 0.231. The van der Waals surface area contributed by atoms with Crippen LogP contribution in [0.5, 0.6) is 5.75 Å². The van der Waals surface area contributed by atoms with Crippen molar-refractivity contribution in [2.45, 2.75) is 6.92 Å². The van der Waals surface area contributed by atoms with E-state index in [2.05, 4.69) is 0 Å². The number of hydrogen-bond acceptors (Lipinski definition) is 4. The summed E-state index contributed by atoms with van der Waals surface area (Å²) in [5, 5.41) is 8.44. The van der Waals surface area contributed by atoms with Crippen LogP contribution >= 0.6 is 0 Å². The molecule has 0 amide bonds. The van der Waals surface area contributed by atoms with E-state index in [1.165, 1.54) is 6.08 Å². The van der Waals surface area contributed by atoms with Crippen LogP contribution in [0.3, 0.4) is 0 Å². The quantitative estimate of drug-likeness (QED) is 0.614. The second-order valence-corrected chi connectivity index (χ2v) is 3.34. The highest BCUT2D eigenvalue weighted by Crippen LogP contribution is 2.13. The lowest BCUT2D eigenvalue weighted by atomic mass is 10.2. The van der Waals surface area contributed by atoms with Gasteiger partial charge in [-0.15, -0.1) is 0 Å². The van der Waals surface area contributed by atoms with Crippen molar-refractivity contribution in [3.05, 3.63) is 35.9 Å². The molecule has 0 radical (unpaired) electrons. The molecule has 0 heterocycles. The van der Waals surface area contributed by atoms with E-state index in [-0.39, 0.29) is 6.61 Å². The maximum atomic E-state index is 11.1. The van der Waals surface area contributed by atoms with E-state index in [9.17, 15) is 9.59 Å². The molecular weight excluding hydrogens is 236 g/mol. The summed E-state index contributed by atoms with van der Waals surface area (Å²) in [7, 11) is 0. The van der Waals surface area contributed by atoms with Crippen molar-refractivity contribution in [3.8, 4) is 5.75 Å². The number of carbonyl (C=O) groups is 2. The van der Waals surface area contributed by atoms with Crippen molar-refractivity contribution in [3.63, 3.8) is 0 Å². The van der Waals surface area contributed by atoms with Crippen LogP contribution in [0.15, 0.2) is 30.3 Å². The highest BCUT2D eigenvalue weighted by Gasteiger charge is 1.99. The molecule has 0 spiro atoms. The third kappa shape index (κ3) is 5.16. The lowest BCUT2D eigenvalue weighted by molar-refractivity contribution is -0.139. The Balaban J connectivity index is 2.54. The molecule has 0 saturated carbocycles. The molecule has 5 nitrogen and oxygen atoms in total. The monoisotopic (exact) mass is 250 g/mol. The smallest absolute Gasteiger partial charge is 0.341 e. The number of aliphatic carboxylic acids is 1. The Morgan fingerprint density at radius 3 is 2.50 bits per heavy atom. The SMILES string of the molecule is CCOC(=O)C=Cc1ccc(OCC(=O)O)cc1. The van der Waals surface area contributed by atoms with Crippen molar-refractivity contribution < 1.29 is 24.2 Å². The maximum Gasteiger partial charge on any atom is 0.341 e. The van der Waals surface area contributed by atoms with Crippen LogP contribution in [-0.4, -0.2) is 30.3 Å². The van der Waals surface area contributed by atoms with Gasteiger partial charge in [0.25, 0.3) is 0 Å². The summed E-state index contributed by atoms with van der Waals surface area (Å²) < 4.78 is 9.71. The van der Waals surface area contributed by atoms with Crippen molar-refractivity contribution in [2.75, 3.05) is 13.2 Å². The molecule has 1 rings (SSSR count). The average Bonchev–Trinajstić information content (AvgIpc) is 2.35. The number of carboxylic acids is 1. The first-order valence-corrected chi connectivity index (χ1v) is 5.41. The molecule has 0 atom stereocenters. The second kappa shape index (κ2) is 7.11. The molecule has 5 heteroatoms. The van der Waals surface area contributed by atoms with Crippen LogP contribution in [0.4, 0.5) is 0 Å². The Hall–Kier alpha value is -2.30. The first-order chi connectivity index (χ1) is 8.61. The fourth-order valence-corrected chi connectivity index (χ4v) is 1.17. The van der Waals surface area contributed by atoms with Gasteiger partial charge in [-0.1, -0.05) is 12.1 Å². The lowest BCUT2D eigenvalue weighted by Gasteiger charge is -2.02. The first-order valence-electron chi connectivity index (χ1n) is 5.41. The number of carbonyl (C=O) groups excluding carboxylic acids is 1. The van der Waals surface area contributed by atoms with Crippen LogP contribution in [0.1, 0.15) is 12.5 Å². The minimum absolute atomic E-state index is 0.338. The molecule has 0 aliphatic heterocycles. The number of rotatable bonds is 6. The molecule has 0 bridgehead atoms. The number of carboxylic acid groups (broad SMARTS) is 1. The zero-order valence-corrected chi connectivity index (χ0v) is 9.96. The van der Waals surface area contributed by atoms with Crippen LogP contribution in [0, 0.1) is 0 Å². The average molecular weight is 250 g/mol. The van der Waals surface area contributed by atoms with Gasteiger partial charge in [-0.05, 0) is 30.7 Å². The second-order valence-electron chi connectivity index (χ2n) is 3.34. The Labute approximate surface area is 105 Å². The van der Waals surface area contributed by atoms with Gasteiger partial charge < -0.3 is 14.6 Å². The van der Waals surface area contributed by atoms with Gasteiger partial charge in [0.05, 0.1) is 6.61 Å². The number of esters is 1. The molecule has 0 aliphatic carbocycles. The summed E-state index contributed by atoms with van der Waals surface area (Å²) in [5.74, 6) is -0.962. The van der Waals surface area contributed by atoms with Gasteiger partial charge in [-0.2, -0.15) is 0 Å². The molecule has 0 aliphatic rings. The normalized spacial score (nSPS) is 10.3. The molecule has 96 valence electrons. The molecule has 18 heavy (non-hydrogen) atoms. The third-order valence-electron chi connectivity index (χ3n) is 1.94. The molecule has 1 aromatic carbocycles. The van der Waals surface area contributed by atoms with Crippen LogP contribution in [-0.2, 0) is 14.3 Å². The highest BCUT2D eigenvalue weighted by molar-refractivity contribution is 5.87. The maximum absolute atomic E-state index is 11.1. The van der Waals surface area contributed by atoms with E-state index >= 15 is 0 Å². The fourth-order valence-electron chi connectivity index (χ4n) is 1.17. The van der Waals surface area contributed by atoms with Crippen LogP contribution in [0.2, 0.25) is 0 Å². The van der Waals surface area contributed by atoms with E-state index in [0.29, 0.717) is 12.4 Å². The zero-order chi connectivity index (χ0) is 13.4. The summed E-state index contributed by atoms with van der Waals surface area (Å²) in [4.78, 5) is 21.4. The van der Waals surface area contributed by atoms with Gasteiger partial charge in [0.15, 0.2) is 6.61 Å². The largest absolute Gasteiger partial charge is 0.482 e. The van der Waals surface area contributed by atoms with Crippen LogP contribution < -0.4 is 4.74 Å². The van der Waals surface area contributed by atoms with E-state index in [4.69, 9.17) is 14.6 Å². The number of ether oxygens (including phenoxy) is 2.